The summed E-state index contributed by atoms with van der Waals surface area (Å²) >= 11 is 0. The third-order valence-corrected chi connectivity index (χ3v) is 3.70. The number of hydrogen-bond donors (Lipinski definition) is 1. The second kappa shape index (κ2) is 5.97. The van der Waals surface area contributed by atoms with Crippen molar-refractivity contribution >= 4 is 11.4 Å². The second-order valence-electron chi connectivity index (χ2n) is 5.88. The standard InChI is InChI=1S/C16H23N3/c1-16(2,13-17)9-5-11-19-12-6-10-18-14-7-3-4-8-15(14)19/h3-4,7-8,18H,5-6,9-12H2,1-2H3. The molecule has 0 aliphatic carbocycles. The Hall–Kier alpha value is -1.69. The molecule has 0 fully saturated rings. The fourth-order valence-electron chi connectivity index (χ4n) is 2.51. The van der Waals surface area contributed by atoms with Crippen molar-refractivity contribution in [2.45, 2.75) is 33.1 Å². The summed E-state index contributed by atoms with van der Waals surface area (Å²) in [4.78, 5) is 2.45. The third kappa shape index (κ3) is 3.64. The van der Waals surface area contributed by atoms with Crippen LogP contribution in [0.25, 0.3) is 0 Å². The molecule has 1 N–H and O–H groups in total. The van der Waals surface area contributed by atoms with Crippen molar-refractivity contribution in [1.82, 2.24) is 0 Å². The molecule has 0 unspecified atom stereocenters. The molecule has 0 amide bonds. The molecule has 3 heteroatoms. The summed E-state index contributed by atoms with van der Waals surface area (Å²) in [5.74, 6) is 0. The summed E-state index contributed by atoms with van der Waals surface area (Å²) in [6, 6.07) is 10.9. The zero-order valence-electron chi connectivity index (χ0n) is 11.9. The average molecular weight is 257 g/mol. The van der Waals surface area contributed by atoms with Gasteiger partial charge in [-0.2, -0.15) is 5.26 Å². The van der Waals surface area contributed by atoms with Crippen LogP contribution in [0.1, 0.15) is 33.1 Å². The Morgan fingerprint density at radius 2 is 2.16 bits per heavy atom. The van der Waals surface area contributed by atoms with Crippen molar-refractivity contribution in [1.29, 1.82) is 5.26 Å². The van der Waals surface area contributed by atoms with Gasteiger partial charge < -0.3 is 10.2 Å². The minimum Gasteiger partial charge on any atom is -0.383 e. The van der Waals surface area contributed by atoms with Crippen molar-refractivity contribution in [3.63, 3.8) is 0 Å². The molecule has 1 aliphatic heterocycles. The van der Waals surface area contributed by atoms with E-state index in [9.17, 15) is 0 Å². The molecule has 3 nitrogen and oxygen atoms in total. The first-order chi connectivity index (χ1) is 9.12. The molecule has 19 heavy (non-hydrogen) atoms. The summed E-state index contributed by atoms with van der Waals surface area (Å²) in [5.41, 5.74) is 2.33. The van der Waals surface area contributed by atoms with Gasteiger partial charge in [0.15, 0.2) is 0 Å². The van der Waals surface area contributed by atoms with Crippen molar-refractivity contribution in [3.05, 3.63) is 24.3 Å². The Labute approximate surface area is 116 Å². The lowest BCUT2D eigenvalue weighted by Gasteiger charge is -2.25. The molecule has 0 bridgehead atoms. The minimum absolute atomic E-state index is 0.205. The number of fused-ring (bicyclic) bond motifs is 1. The SMILES string of the molecule is CC(C)(C#N)CCCN1CCCNc2ccccc21. The number of benzene rings is 1. The van der Waals surface area contributed by atoms with Crippen LogP contribution >= 0.6 is 0 Å². The van der Waals surface area contributed by atoms with Crippen LogP contribution in [-0.4, -0.2) is 19.6 Å². The lowest BCUT2D eigenvalue weighted by atomic mass is 9.90. The summed E-state index contributed by atoms with van der Waals surface area (Å²) < 4.78 is 0. The van der Waals surface area contributed by atoms with Crippen molar-refractivity contribution in [3.8, 4) is 6.07 Å². The Balaban J connectivity index is 1.99. The summed E-state index contributed by atoms with van der Waals surface area (Å²) in [5, 5.41) is 12.5. The predicted molar refractivity (Wildman–Crippen MR) is 80.4 cm³/mol. The van der Waals surface area contributed by atoms with E-state index in [1.165, 1.54) is 11.4 Å². The number of hydrogen-bond acceptors (Lipinski definition) is 3. The number of para-hydroxylation sites is 2. The first-order valence-electron chi connectivity index (χ1n) is 7.11. The van der Waals surface area contributed by atoms with Crippen LogP contribution in [0.2, 0.25) is 0 Å². The first kappa shape index (κ1) is 13.7. The van der Waals surface area contributed by atoms with Gasteiger partial charge in [-0.15, -0.1) is 0 Å². The predicted octanol–water partition coefficient (Wildman–Crippen LogP) is 3.64. The fraction of sp³-hybridized carbons (Fsp3) is 0.562. The molecule has 1 aromatic rings. The normalized spacial score (nSPS) is 15.1. The monoisotopic (exact) mass is 257 g/mol. The Morgan fingerprint density at radius 3 is 2.95 bits per heavy atom. The Kier molecular flexibility index (Phi) is 4.31. The zero-order chi connectivity index (χ0) is 13.7. The molecular formula is C16H23N3. The van der Waals surface area contributed by atoms with Crippen LogP contribution in [-0.2, 0) is 0 Å². The van der Waals surface area contributed by atoms with E-state index < -0.39 is 0 Å². The van der Waals surface area contributed by atoms with Crippen LogP contribution in [0.4, 0.5) is 11.4 Å². The molecule has 1 aliphatic rings. The highest BCUT2D eigenvalue weighted by atomic mass is 15.2. The quantitative estimate of drug-likeness (QED) is 0.895. The van der Waals surface area contributed by atoms with Crippen LogP contribution in [0.5, 0.6) is 0 Å². The van der Waals surface area contributed by atoms with E-state index in [2.05, 4.69) is 40.6 Å². The van der Waals surface area contributed by atoms with E-state index in [4.69, 9.17) is 5.26 Å². The van der Waals surface area contributed by atoms with Gasteiger partial charge in [-0.25, -0.2) is 0 Å². The summed E-state index contributed by atoms with van der Waals surface area (Å²) in [6.45, 7) is 7.20. The van der Waals surface area contributed by atoms with E-state index in [1.807, 2.05) is 13.8 Å². The fourth-order valence-corrected chi connectivity index (χ4v) is 2.51. The van der Waals surface area contributed by atoms with E-state index in [0.717, 1.165) is 38.9 Å². The van der Waals surface area contributed by atoms with Gasteiger partial charge in [0.2, 0.25) is 0 Å². The number of rotatable bonds is 4. The highest BCUT2D eigenvalue weighted by Crippen LogP contribution is 2.29. The number of anilines is 2. The van der Waals surface area contributed by atoms with Crippen molar-refractivity contribution in [2.75, 3.05) is 29.9 Å². The highest BCUT2D eigenvalue weighted by Gasteiger charge is 2.18. The van der Waals surface area contributed by atoms with Gasteiger partial charge in [0.1, 0.15) is 0 Å². The minimum atomic E-state index is -0.205. The van der Waals surface area contributed by atoms with Gasteiger partial charge in [-0.3, -0.25) is 0 Å². The zero-order valence-corrected chi connectivity index (χ0v) is 11.9. The van der Waals surface area contributed by atoms with Gasteiger partial charge in [-0.05, 0) is 45.2 Å². The first-order valence-corrected chi connectivity index (χ1v) is 7.11. The summed E-state index contributed by atoms with van der Waals surface area (Å²) in [6.07, 6.45) is 3.18. The lowest BCUT2D eigenvalue weighted by molar-refractivity contribution is 0.434. The number of nitriles is 1. The highest BCUT2D eigenvalue weighted by molar-refractivity contribution is 5.70. The molecule has 0 saturated carbocycles. The second-order valence-corrected chi connectivity index (χ2v) is 5.88. The van der Waals surface area contributed by atoms with Crippen molar-refractivity contribution in [2.24, 2.45) is 5.41 Å². The number of nitrogens with zero attached hydrogens (tertiary/aromatic N) is 2. The maximum Gasteiger partial charge on any atom is 0.0683 e. The van der Waals surface area contributed by atoms with E-state index in [0.29, 0.717) is 0 Å². The maximum atomic E-state index is 9.06. The van der Waals surface area contributed by atoms with E-state index in [1.54, 1.807) is 0 Å². The van der Waals surface area contributed by atoms with Gasteiger partial charge in [0.25, 0.3) is 0 Å². The molecule has 102 valence electrons. The molecular weight excluding hydrogens is 234 g/mol. The Bertz CT molecular complexity index is 459. The lowest BCUT2D eigenvalue weighted by Crippen LogP contribution is -2.26. The number of nitrogens with one attached hydrogen (secondary N) is 1. The molecule has 2 rings (SSSR count). The van der Waals surface area contributed by atoms with Gasteiger partial charge in [0, 0.05) is 19.6 Å². The van der Waals surface area contributed by atoms with Crippen molar-refractivity contribution < 1.29 is 0 Å². The largest absolute Gasteiger partial charge is 0.383 e. The van der Waals surface area contributed by atoms with Gasteiger partial charge in [-0.1, -0.05) is 12.1 Å². The van der Waals surface area contributed by atoms with Crippen LogP contribution < -0.4 is 10.2 Å². The van der Waals surface area contributed by atoms with Gasteiger partial charge in [0.05, 0.1) is 22.9 Å². The topological polar surface area (TPSA) is 39.1 Å². The molecule has 0 atom stereocenters. The van der Waals surface area contributed by atoms with Gasteiger partial charge >= 0.3 is 0 Å². The molecule has 1 heterocycles. The molecule has 0 saturated heterocycles. The van der Waals surface area contributed by atoms with E-state index in [-0.39, 0.29) is 5.41 Å². The van der Waals surface area contributed by atoms with Crippen LogP contribution in [0, 0.1) is 16.7 Å². The third-order valence-electron chi connectivity index (χ3n) is 3.70. The molecule has 1 aromatic carbocycles. The smallest absolute Gasteiger partial charge is 0.0683 e. The Morgan fingerprint density at radius 1 is 1.37 bits per heavy atom. The molecule has 0 aromatic heterocycles. The van der Waals surface area contributed by atoms with E-state index >= 15 is 0 Å². The molecule has 0 spiro atoms. The van der Waals surface area contributed by atoms with Crippen LogP contribution in [0.15, 0.2) is 24.3 Å². The summed E-state index contributed by atoms with van der Waals surface area (Å²) in [7, 11) is 0. The average Bonchev–Trinajstić information content (AvgIpc) is 2.61. The maximum absolute atomic E-state index is 9.06. The van der Waals surface area contributed by atoms with Crippen LogP contribution in [0.3, 0.4) is 0 Å². The molecule has 0 radical (unpaired) electrons.